The fourth-order valence-corrected chi connectivity index (χ4v) is 3.65. The molecule has 24 heavy (non-hydrogen) atoms. The van der Waals surface area contributed by atoms with Crippen LogP contribution in [0.2, 0.25) is 0 Å². The molecule has 2 aromatic rings. The van der Waals surface area contributed by atoms with Gasteiger partial charge in [-0.25, -0.2) is 0 Å². The Balaban J connectivity index is 1.24. The Morgan fingerprint density at radius 3 is 2.71 bits per heavy atom. The van der Waals surface area contributed by atoms with Crippen LogP contribution < -0.4 is 5.32 Å². The summed E-state index contributed by atoms with van der Waals surface area (Å²) in [5.74, 6) is 2.09. The molecule has 6 nitrogen and oxygen atoms in total. The van der Waals surface area contributed by atoms with Gasteiger partial charge in [0.1, 0.15) is 11.5 Å². The van der Waals surface area contributed by atoms with Crippen LogP contribution in [0.4, 0.5) is 0 Å². The average Bonchev–Trinajstić information content (AvgIpc) is 3.06. The quantitative estimate of drug-likeness (QED) is 0.908. The van der Waals surface area contributed by atoms with Crippen LogP contribution in [-0.2, 0) is 11.3 Å². The Kier molecular flexibility index (Phi) is 3.80. The monoisotopic (exact) mass is 325 g/mol. The van der Waals surface area contributed by atoms with Gasteiger partial charge in [0, 0.05) is 25.7 Å². The van der Waals surface area contributed by atoms with Crippen LogP contribution in [0, 0.1) is 17.8 Å². The van der Waals surface area contributed by atoms with E-state index in [1.54, 1.807) is 30.7 Å². The van der Waals surface area contributed by atoms with E-state index in [9.17, 15) is 9.59 Å². The molecule has 4 rings (SSSR count). The third-order valence-corrected chi connectivity index (χ3v) is 5.00. The highest BCUT2D eigenvalue weighted by Crippen LogP contribution is 2.53. The van der Waals surface area contributed by atoms with E-state index in [2.05, 4.69) is 10.3 Å². The SMILES string of the molecule is O=C(CC1[C@H]2CN(C(=O)c3ccccn3)C[C@@H]12)NCc1ccco1. The van der Waals surface area contributed by atoms with Gasteiger partial charge >= 0.3 is 0 Å². The number of likely N-dealkylation sites (tertiary alicyclic amines) is 1. The van der Waals surface area contributed by atoms with Gasteiger partial charge in [0.15, 0.2) is 0 Å². The molecule has 6 heteroatoms. The molecule has 1 unspecified atom stereocenters. The standard InChI is InChI=1S/C18H19N3O3/c22-17(20-9-12-4-3-7-24-12)8-13-14-10-21(11-15(13)14)18(23)16-5-1-2-6-19-16/h1-7,13-15H,8-11H2,(H,20,22)/t13?,14-,15+. The molecular formula is C18H19N3O3. The van der Waals surface area contributed by atoms with Gasteiger partial charge in [-0.3, -0.25) is 14.6 Å². The highest BCUT2D eigenvalue weighted by molar-refractivity contribution is 5.92. The maximum Gasteiger partial charge on any atom is 0.272 e. The lowest BCUT2D eigenvalue weighted by Crippen LogP contribution is -2.33. The second kappa shape index (κ2) is 6.11. The van der Waals surface area contributed by atoms with Crippen molar-refractivity contribution in [1.29, 1.82) is 0 Å². The Hall–Kier alpha value is -2.63. The molecule has 3 heterocycles. The van der Waals surface area contributed by atoms with Gasteiger partial charge in [0.05, 0.1) is 12.8 Å². The molecule has 3 atom stereocenters. The minimum absolute atomic E-state index is 0.0104. The molecule has 1 aliphatic heterocycles. The molecule has 0 spiro atoms. The van der Waals surface area contributed by atoms with E-state index in [0.29, 0.717) is 36.4 Å². The Labute approximate surface area is 139 Å². The van der Waals surface area contributed by atoms with Gasteiger partial charge in [-0.2, -0.15) is 0 Å². The van der Waals surface area contributed by atoms with E-state index in [0.717, 1.165) is 18.8 Å². The number of piperidine rings is 1. The lowest BCUT2D eigenvalue weighted by Gasteiger charge is -2.19. The number of carbonyl (C=O) groups is 2. The first kappa shape index (κ1) is 14.9. The average molecular weight is 325 g/mol. The van der Waals surface area contributed by atoms with Gasteiger partial charge in [0.25, 0.3) is 5.91 Å². The number of hydrogen-bond acceptors (Lipinski definition) is 4. The molecule has 1 aliphatic carbocycles. The Morgan fingerprint density at radius 1 is 1.21 bits per heavy atom. The van der Waals surface area contributed by atoms with Gasteiger partial charge in [-0.05, 0) is 42.0 Å². The van der Waals surface area contributed by atoms with E-state index < -0.39 is 0 Å². The highest BCUT2D eigenvalue weighted by atomic mass is 16.3. The van der Waals surface area contributed by atoms with Gasteiger partial charge in [-0.1, -0.05) is 6.07 Å². The molecule has 1 N–H and O–H groups in total. The summed E-state index contributed by atoms with van der Waals surface area (Å²) in [7, 11) is 0. The van der Waals surface area contributed by atoms with Crippen molar-refractivity contribution >= 4 is 11.8 Å². The molecule has 2 amide bonds. The summed E-state index contributed by atoms with van der Waals surface area (Å²) in [6.45, 7) is 1.89. The minimum Gasteiger partial charge on any atom is -0.467 e. The topological polar surface area (TPSA) is 75.4 Å². The number of nitrogens with zero attached hydrogens (tertiary/aromatic N) is 2. The van der Waals surface area contributed by atoms with Crippen molar-refractivity contribution < 1.29 is 14.0 Å². The van der Waals surface area contributed by atoms with Gasteiger partial charge in [-0.15, -0.1) is 0 Å². The molecule has 2 fully saturated rings. The number of furan rings is 1. The maximum atomic E-state index is 12.3. The van der Waals surface area contributed by atoms with E-state index in [1.165, 1.54) is 0 Å². The zero-order valence-corrected chi connectivity index (χ0v) is 13.2. The van der Waals surface area contributed by atoms with Crippen LogP contribution in [0.3, 0.4) is 0 Å². The fourth-order valence-electron chi connectivity index (χ4n) is 3.65. The summed E-state index contributed by atoms with van der Waals surface area (Å²) in [5.41, 5.74) is 0.492. The number of fused-ring (bicyclic) bond motifs is 1. The lowest BCUT2D eigenvalue weighted by molar-refractivity contribution is -0.121. The molecule has 0 aromatic carbocycles. The predicted octanol–water partition coefficient (Wildman–Crippen LogP) is 1.70. The van der Waals surface area contributed by atoms with E-state index in [1.807, 2.05) is 17.0 Å². The second-order valence-corrected chi connectivity index (χ2v) is 6.48. The van der Waals surface area contributed by atoms with E-state index in [-0.39, 0.29) is 11.8 Å². The van der Waals surface area contributed by atoms with E-state index >= 15 is 0 Å². The van der Waals surface area contributed by atoms with Crippen LogP contribution in [0.5, 0.6) is 0 Å². The lowest BCUT2D eigenvalue weighted by atomic mass is 10.1. The Bertz CT molecular complexity index is 717. The number of nitrogens with one attached hydrogen (secondary N) is 1. The van der Waals surface area contributed by atoms with Crippen LogP contribution in [0.25, 0.3) is 0 Å². The smallest absolute Gasteiger partial charge is 0.272 e. The predicted molar refractivity (Wildman–Crippen MR) is 85.8 cm³/mol. The summed E-state index contributed by atoms with van der Waals surface area (Å²) < 4.78 is 5.20. The van der Waals surface area contributed by atoms with Crippen molar-refractivity contribution in [2.24, 2.45) is 17.8 Å². The summed E-state index contributed by atoms with van der Waals surface area (Å²) in [6.07, 6.45) is 3.76. The highest BCUT2D eigenvalue weighted by Gasteiger charge is 2.56. The second-order valence-electron chi connectivity index (χ2n) is 6.48. The summed E-state index contributed by atoms with van der Waals surface area (Å²) >= 11 is 0. The van der Waals surface area contributed by atoms with E-state index in [4.69, 9.17) is 4.42 Å². The molecule has 1 saturated heterocycles. The first-order valence-electron chi connectivity index (χ1n) is 8.22. The normalized spacial score (nSPS) is 24.5. The maximum absolute atomic E-state index is 12.3. The third kappa shape index (κ3) is 2.91. The number of carbonyl (C=O) groups excluding carboxylic acids is 2. The molecule has 2 aromatic heterocycles. The number of hydrogen-bond donors (Lipinski definition) is 1. The van der Waals surface area contributed by atoms with Crippen molar-refractivity contribution in [3.63, 3.8) is 0 Å². The van der Waals surface area contributed by atoms with Crippen LogP contribution in [-0.4, -0.2) is 34.8 Å². The number of aromatic nitrogens is 1. The molecule has 124 valence electrons. The molecule has 0 bridgehead atoms. The summed E-state index contributed by atoms with van der Waals surface area (Å²) in [4.78, 5) is 30.3. The van der Waals surface area contributed by atoms with Crippen molar-refractivity contribution in [2.45, 2.75) is 13.0 Å². The number of pyridine rings is 1. The third-order valence-electron chi connectivity index (χ3n) is 5.00. The first-order chi connectivity index (χ1) is 11.7. The number of rotatable bonds is 5. The fraction of sp³-hybridized carbons (Fsp3) is 0.389. The largest absolute Gasteiger partial charge is 0.467 e. The molecule has 0 radical (unpaired) electrons. The minimum atomic E-state index is -0.0104. The van der Waals surface area contributed by atoms with Gasteiger partial charge < -0.3 is 14.6 Å². The summed E-state index contributed by atoms with van der Waals surface area (Å²) in [5, 5.41) is 2.88. The molecular weight excluding hydrogens is 306 g/mol. The van der Waals surface area contributed by atoms with Crippen LogP contribution in [0.15, 0.2) is 47.2 Å². The Morgan fingerprint density at radius 2 is 2.04 bits per heavy atom. The van der Waals surface area contributed by atoms with Crippen molar-refractivity contribution in [3.8, 4) is 0 Å². The van der Waals surface area contributed by atoms with Crippen molar-refractivity contribution in [3.05, 3.63) is 54.2 Å². The van der Waals surface area contributed by atoms with Crippen LogP contribution in [0.1, 0.15) is 22.7 Å². The zero-order valence-electron chi connectivity index (χ0n) is 13.2. The first-order valence-corrected chi connectivity index (χ1v) is 8.22. The zero-order chi connectivity index (χ0) is 16.5. The van der Waals surface area contributed by atoms with Gasteiger partial charge in [0.2, 0.25) is 5.91 Å². The number of amides is 2. The molecule has 1 saturated carbocycles. The van der Waals surface area contributed by atoms with Crippen molar-refractivity contribution in [2.75, 3.05) is 13.1 Å². The van der Waals surface area contributed by atoms with Crippen LogP contribution >= 0.6 is 0 Å². The molecule has 2 aliphatic rings. The van der Waals surface area contributed by atoms with Crippen molar-refractivity contribution in [1.82, 2.24) is 15.2 Å². The summed E-state index contributed by atoms with van der Waals surface area (Å²) in [6, 6.07) is 9.01.